The molecule has 0 aliphatic rings. The van der Waals surface area contributed by atoms with Gasteiger partial charge in [-0.2, -0.15) is 0 Å². The molecule has 1 atom stereocenters. The van der Waals surface area contributed by atoms with Crippen LogP contribution in [0.15, 0.2) is 30.5 Å². The number of fused-ring (bicyclic) bond motifs is 1. The Morgan fingerprint density at radius 3 is 3.05 bits per heavy atom. The Bertz CT molecular complexity index is 548. The second kappa shape index (κ2) is 6.38. The highest BCUT2D eigenvalue weighted by molar-refractivity contribution is 6.06. The third-order valence-electron chi connectivity index (χ3n) is 3.31. The van der Waals surface area contributed by atoms with Gasteiger partial charge in [-0.15, -0.1) is 0 Å². The number of hydrogen-bond acceptors (Lipinski definition) is 2. The standard InChI is InChI=1S/C15H20N2O2/c1-11(10-18)4-3-8-17-15(19)13-5-2-6-14-12(13)7-9-16-14/h2,5-7,9,11,16,18H,3-4,8,10H2,1H3,(H,17,19). The number of carbonyl (C=O) groups is 1. The van der Waals surface area contributed by atoms with Crippen molar-refractivity contribution in [3.05, 3.63) is 36.0 Å². The van der Waals surface area contributed by atoms with Crippen molar-refractivity contribution in [1.82, 2.24) is 10.3 Å². The Kier molecular flexibility index (Phi) is 4.58. The van der Waals surface area contributed by atoms with Crippen molar-refractivity contribution >= 4 is 16.8 Å². The van der Waals surface area contributed by atoms with Crippen LogP contribution >= 0.6 is 0 Å². The summed E-state index contributed by atoms with van der Waals surface area (Å²) in [5.74, 6) is 0.256. The first-order chi connectivity index (χ1) is 9.22. The zero-order valence-electron chi connectivity index (χ0n) is 11.1. The quantitative estimate of drug-likeness (QED) is 0.698. The average molecular weight is 260 g/mol. The van der Waals surface area contributed by atoms with E-state index < -0.39 is 0 Å². The first-order valence-corrected chi connectivity index (χ1v) is 6.67. The van der Waals surface area contributed by atoms with Gasteiger partial charge < -0.3 is 15.4 Å². The number of aliphatic hydroxyl groups is 1. The van der Waals surface area contributed by atoms with Crippen LogP contribution in [-0.4, -0.2) is 29.1 Å². The maximum atomic E-state index is 12.1. The SMILES string of the molecule is CC(CO)CCCNC(=O)c1cccc2[nH]ccc12. The van der Waals surface area contributed by atoms with E-state index in [2.05, 4.69) is 10.3 Å². The van der Waals surface area contributed by atoms with Crippen molar-refractivity contribution in [3.8, 4) is 0 Å². The maximum Gasteiger partial charge on any atom is 0.251 e. The number of aliphatic hydroxyl groups excluding tert-OH is 1. The lowest BCUT2D eigenvalue weighted by Gasteiger charge is -2.09. The average Bonchev–Trinajstić information content (AvgIpc) is 2.91. The topological polar surface area (TPSA) is 65.1 Å². The van der Waals surface area contributed by atoms with E-state index in [4.69, 9.17) is 5.11 Å². The van der Waals surface area contributed by atoms with Gasteiger partial charge in [-0.3, -0.25) is 4.79 Å². The Balaban J connectivity index is 1.91. The predicted molar refractivity (Wildman–Crippen MR) is 76.1 cm³/mol. The second-order valence-electron chi connectivity index (χ2n) is 4.93. The molecule has 1 unspecified atom stereocenters. The lowest BCUT2D eigenvalue weighted by Crippen LogP contribution is -2.25. The molecule has 4 nitrogen and oxygen atoms in total. The van der Waals surface area contributed by atoms with Gasteiger partial charge in [0.15, 0.2) is 0 Å². The smallest absolute Gasteiger partial charge is 0.251 e. The fraction of sp³-hybridized carbons (Fsp3) is 0.400. The normalized spacial score (nSPS) is 12.5. The van der Waals surface area contributed by atoms with Gasteiger partial charge in [0.1, 0.15) is 0 Å². The molecule has 1 aromatic heterocycles. The second-order valence-corrected chi connectivity index (χ2v) is 4.93. The van der Waals surface area contributed by atoms with Gasteiger partial charge in [-0.25, -0.2) is 0 Å². The van der Waals surface area contributed by atoms with Crippen LogP contribution in [0.2, 0.25) is 0 Å². The van der Waals surface area contributed by atoms with Gasteiger partial charge >= 0.3 is 0 Å². The molecule has 102 valence electrons. The summed E-state index contributed by atoms with van der Waals surface area (Å²) in [7, 11) is 0. The summed E-state index contributed by atoms with van der Waals surface area (Å²) in [5, 5.41) is 12.8. The zero-order chi connectivity index (χ0) is 13.7. The van der Waals surface area contributed by atoms with E-state index >= 15 is 0 Å². The van der Waals surface area contributed by atoms with Gasteiger partial charge in [-0.1, -0.05) is 13.0 Å². The zero-order valence-corrected chi connectivity index (χ0v) is 11.1. The third kappa shape index (κ3) is 3.35. The van der Waals surface area contributed by atoms with Crippen molar-refractivity contribution in [1.29, 1.82) is 0 Å². The fourth-order valence-electron chi connectivity index (χ4n) is 2.12. The van der Waals surface area contributed by atoms with Gasteiger partial charge in [0.05, 0.1) is 0 Å². The van der Waals surface area contributed by atoms with Gasteiger partial charge in [0, 0.05) is 35.8 Å². The monoisotopic (exact) mass is 260 g/mol. The molecule has 1 amide bonds. The third-order valence-corrected chi connectivity index (χ3v) is 3.31. The van der Waals surface area contributed by atoms with Crippen molar-refractivity contribution in [2.24, 2.45) is 5.92 Å². The molecule has 0 fully saturated rings. The molecular weight excluding hydrogens is 240 g/mol. The van der Waals surface area contributed by atoms with Crippen LogP contribution in [0.5, 0.6) is 0 Å². The largest absolute Gasteiger partial charge is 0.396 e. The molecular formula is C15H20N2O2. The molecule has 4 heteroatoms. The molecule has 1 heterocycles. The Morgan fingerprint density at radius 1 is 1.42 bits per heavy atom. The molecule has 0 aliphatic heterocycles. The highest BCUT2D eigenvalue weighted by Crippen LogP contribution is 2.17. The minimum absolute atomic E-state index is 0.0400. The van der Waals surface area contributed by atoms with Crippen molar-refractivity contribution < 1.29 is 9.90 Å². The summed E-state index contributed by atoms with van der Waals surface area (Å²) in [5.41, 5.74) is 1.68. The van der Waals surface area contributed by atoms with Crippen molar-refractivity contribution in [3.63, 3.8) is 0 Å². The molecule has 0 saturated heterocycles. The van der Waals surface area contributed by atoms with Crippen LogP contribution in [0.1, 0.15) is 30.1 Å². The molecule has 0 aliphatic carbocycles. The van der Waals surface area contributed by atoms with Crippen molar-refractivity contribution in [2.45, 2.75) is 19.8 Å². The van der Waals surface area contributed by atoms with Crippen LogP contribution in [0.25, 0.3) is 10.9 Å². The molecule has 2 rings (SSSR count). The summed E-state index contributed by atoms with van der Waals surface area (Å²) >= 11 is 0. The number of aromatic amines is 1. The lowest BCUT2D eigenvalue weighted by molar-refractivity contribution is 0.0954. The van der Waals surface area contributed by atoms with Crippen LogP contribution in [-0.2, 0) is 0 Å². The number of aromatic nitrogens is 1. The Hall–Kier alpha value is -1.81. The van der Waals surface area contributed by atoms with Gasteiger partial charge in [0.2, 0.25) is 0 Å². The summed E-state index contributed by atoms with van der Waals surface area (Å²) in [6, 6.07) is 7.58. The lowest BCUT2D eigenvalue weighted by atomic mass is 10.1. The molecule has 3 N–H and O–H groups in total. The first-order valence-electron chi connectivity index (χ1n) is 6.67. The van der Waals surface area contributed by atoms with E-state index in [9.17, 15) is 4.79 Å². The van der Waals surface area contributed by atoms with Crippen molar-refractivity contribution in [2.75, 3.05) is 13.2 Å². The number of nitrogens with one attached hydrogen (secondary N) is 2. The number of H-pyrrole nitrogens is 1. The fourth-order valence-corrected chi connectivity index (χ4v) is 2.12. The van der Waals surface area contributed by atoms with Gasteiger partial charge in [-0.05, 0) is 37.0 Å². The minimum atomic E-state index is -0.0400. The number of carbonyl (C=O) groups excluding carboxylic acids is 1. The van der Waals surface area contributed by atoms with E-state index in [1.54, 1.807) is 0 Å². The molecule has 1 aromatic carbocycles. The number of rotatable bonds is 6. The minimum Gasteiger partial charge on any atom is -0.396 e. The molecule has 0 spiro atoms. The van der Waals surface area contributed by atoms with E-state index in [1.165, 1.54) is 0 Å². The van der Waals surface area contributed by atoms with E-state index in [1.807, 2.05) is 37.4 Å². The Morgan fingerprint density at radius 2 is 2.26 bits per heavy atom. The maximum absolute atomic E-state index is 12.1. The van der Waals surface area contributed by atoms with E-state index in [0.29, 0.717) is 18.0 Å². The van der Waals surface area contributed by atoms with Gasteiger partial charge in [0.25, 0.3) is 5.91 Å². The molecule has 0 radical (unpaired) electrons. The first kappa shape index (κ1) is 13.6. The predicted octanol–water partition coefficient (Wildman–Crippen LogP) is 2.31. The molecule has 0 bridgehead atoms. The number of benzene rings is 1. The summed E-state index contributed by atoms with van der Waals surface area (Å²) in [6.45, 7) is 2.85. The number of amides is 1. The van der Waals surface area contributed by atoms with Crippen LogP contribution in [0.4, 0.5) is 0 Å². The molecule has 0 saturated carbocycles. The van der Waals surface area contributed by atoms with Crippen LogP contribution in [0.3, 0.4) is 0 Å². The summed E-state index contributed by atoms with van der Waals surface area (Å²) in [6.07, 6.45) is 3.64. The highest BCUT2D eigenvalue weighted by atomic mass is 16.3. The number of hydrogen-bond donors (Lipinski definition) is 3. The van der Waals surface area contributed by atoms with E-state index in [-0.39, 0.29) is 12.5 Å². The summed E-state index contributed by atoms with van der Waals surface area (Å²) < 4.78 is 0. The molecule has 19 heavy (non-hydrogen) atoms. The van der Waals surface area contributed by atoms with Crippen LogP contribution < -0.4 is 5.32 Å². The summed E-state index contributed by atoms with van der Waals surface area (Å²) in [4.78, 5) is 15.2. The Labute approximate surface area is 112 Å². The van der Waals surface area contributed by atoms with E-state index in [0.717, 1.165) is 23.7 Å². The highest BCUT2D eigenvalue weighted by Gasteiger charge is 2.09. The van der Waals surface area contributed by atoms with Crippen LogP contribution in [0, 0.1) is 5.92 Å². The molecule has 2 aromatic rings.